The summed E-state index contributed by atoms with van der Waals surface area (Å²) in [7, 11) is -2.07. The Morgan fingerprint density at radius 2 is 1.77 bits per heavy atom. The van der Waals surface area contributed by atoms with Crippen LogP contribution in [-0.4, -0.2) is 85.9 Å². The zero-order valence-electron chi connectivity index (χ0n) is 25.9. The molecule has 44 heavy (non-hydrogen) atoms. The summed E-state index contributed by atoms with van der Waals surface area (Å²) < 4.78 is 19.2. The summed E-state index contributed by atoms with van der Waals surface area (Å²) in [4.78, 5) is 40.4. The molecule has 2 aromatic rings. The van der Waals surface area contributed by atoms with E-state index in [4.69, 9.17) is 19.3 Å². The first-order valence-corrected chi connectivity index (χ1v) is 18.9. The van der Waals surface area contributed by atoms with Crippen LogP contribution in [0.15, 0.2) is 70.6 Å². The zero-order chi connectivity index (χ0) is 31.7. The molecule has 234 valence electrons. The fraction of sp³-hybridized carbons (Fsp3) is 0.452. The van der Waals surface area contributed by atoms with E-state index >= 15 is 0 Å². The van der Waals surface area contributed by atoms with E-state index in [0.717, 1.165) is 0 Å². The van der Waals surface area contributed by atoms with Crippen molar-refractivity contribution in [2.75, 3.05) is 23.7 Å². The third-order valence-corrected chi connectivity index (χ3v) is 13.4. The van der Waals surface area contributed by atoms with Crippen LogP contribution in [0.3, 0.4) is 0 Å². The monoisotopic (exact) mass is 636 g/mol. The van der Waals surface area contributed by atoms with Crippen molar-refractivity contribution in [2.24, 2.45) is 9.98 Å². The number of nitrogens with zero attached hydrogens (tertiary/aromatic N) is 4. The number of carbonyl (C=O) groups excluding carboxylic acids is 2. The van der Waals surface area contributed by atoms with Gasteiger partial charge in [-0.05, 0) is 48.7 Å². The van der Waals surface area contributed by atoms with Gasteiger partial charge in [0.05, 0.1) is 25.0 Å². The molecule has 0 spiro atoms. The van der Waals surface area contributed by atoms with Gasteiger partial charge in [-0.15, -0.1) is 11.8 Å². The number of hydrogen-bond donors (Lipinski definition) is 2. The van der Waals surface area contributed by atoms with Gasteiger partial charge in [0.25, 0.3) is 17.4 Å². The van der Waals surface area contributed by atoms with Crippen LogP contribution in [0.1, 0.15) is 27.2 Å². The van der Waals surface area contributed by atoms with Crippen molar-refractivity contribution in [3.63, 3.8) is 0 Å². The van der Waals surface area contributed by atoms with Gasteiger partial charge >= 0.3 is 0 Å². The number of thioether (sulfide) groups is 1. The Bertz CT molecular complexity index is 1410. The Balaban J connectivity index is 1.48. The van der Waals surface area contributed by atoms with E-state index < -0.39 is 31.9 Å². The van der Waals surface area contributed by atoms with E-state index in [-0.39, 0.29) is 29.0 Å². The predicted octanol–water partition coefficient (Wildman–Crippen LogP) is 4.74. The fourth-order valence-electron chi connectivity index (χ4n) is 5.10. The lowest BCUT2D eigenvalue weighted by Gasteiger charge is -2.37. The van der Waals surface area contributed by atoms with E-state index in [1.54, 1.807) is 40.9 Å². The minimum atomic E-state index is -2.07. The number of nitrogens with one attached hydrogen (secondary N) is 2. The number of rotatable bonds is 10. The molecule has 1 fully saturated rings. The van der Waals surface area contributed by atoms with Crippen molar-refractivity contribution in [1.29, 1.82) is 5.41 Å². The molecule has 0 aliphatic carbocycles. The molecule has 0 radical (unpaired) electrons. The molecular formula is C31H40N6O5SSi. The highest BCUT2D eigenvalue weighted by atomic mass is 32.2. The Kier molecular flexibility index (Phi) is 9.15. The second kappa shape index (κ2) is 12.6. The van der Waals surface area contributed by atoms with Crippen molar-refractivity contribution in [3.8, 4) is 0 Å². The molecule has 3 aliphatic heterocycles. The van der Waals surface area contributed by atoms with Gasteiger partial charge in [-0.2, -0.15) is 4.99 Å². The van der Waals surface area contributed by atoms with Crippen LogP contribution in [0.2, 0.25) is 18.1 Å². The number of ether oxygens (including phenoxy) is 2. The molecule has 0 saturated carbocycles. The van der Waals surface area contributed by atoms with Gasteiger partial charge in [0.1, 0.15) is 12.3 Å². The normalized spacial score (nSPS) is 25.1. The van der Waals surface area contributed by atoms with E-state index in [0.29, 0.717) is 30.3 Å². The van der Waals surface area contributed by atoms with E-state index in [2.05, 4.69) is 49.2 Å². The second-order valence-electron chi connectivity index (χ2n) is 12.5. The maximum atomic E-state index is 14.6. The number of anilines is 2. The molecule has 1 saturated heterocycles. The van der Waals surface area contributed by atoms with Gasteiger partial charge in [-0.3, -0.25) is 30.1 Å². The van der Waals surface area contributed by atoms with Crippen LogP contribution in [0, 0.1) is 5.41 Å². The molecule has 2 N–H and O–H groups in total. The van der Waals surface area contributed by atoms with E-state index in [1.807, 2.05) is 42.7 Å². The van der Waals surface area contributed by atoms with Crippen LogP contribution in [0.4, 0.5) is 11.4 Å². The van der Waals surface area contributed by atoms with Crippen LogP contribution in [0.5, 0.6) is 0 Å². The number of fused-ring (bicyclic) bond motifs is 1. The zero-order valence-corrected chi connectivity index (χ0v) is 27.8. The van der Waals surface area contributed by atoms with Crippen molar-refractivity contribution >= 4 is 61.4 Å². The number of carbonyl (C=O) groups is 2. The third kappa shape index (κ3) is 5.98. The highest BCUT2D eigenvalue weighted by Crippen LogP contribution is 2.39. The topological polar surface area (TPSA) is 129 Å². The maximum absolute atomic E-state index is 14.6. The van der Waals surface area contributed by atoms with Gasteiger partial charge in [0.2, 0.25) is 5.96 Å². The van der Waals surface area contributed by atoms with Gasteiger partial charge in [0.15, 0.2) is 14.2 Å². The number of para-hydroxylation sites is 2. The molecule has 1 unspecified atom stereocenters. The van der Waals surface area contributed by atoms with E-state index in [9.17, 15) is 9.59 Å². The molecule has 0 aromatic heterocycles. The number of benzene rings is 2. The molecule has 3 aliphatic rings. The molecule has 2 amide bonds. The molecule has 0 bridgehead atoms. The minimum absolute atomic E-state index is 0.0210. The Hall–Kier alpha value is -3.36. The Labute approximate surface area is 263 Å². The molecule has 5 rings (SSSR count). The molecule has 3 heterocycles. The lowest BCUT2D eigenvalue weighted by Crippen LogP contribution is -2.65. The largest absolute Gasteiger partial charge is 0.414 e. The highest BCUT2D eigenvalue weighted by Gasteiger charge is 2.61. The summed E-state index contributed by atoms with van der Waals surface area (Å²) >= 11 is 1.57. The van der Waals surface area contributed by atoms with Gasteiger partial charge in [-0.25, -0.2) is 4.99 Å². The summed E-state index contributed by atoms with van der Waals surface area (Å²) in [5.74, 6) is -1.25. The van der Waals surface area contributed by atoms with Crippen molar-refractivity contribution in [2.45, 2.75) is 69.3 Å². The molecule has 11 nitrogen and oxygen atoms in total. The number of amidine groups is 1. The second-order valence-corrected chi connectivity index (χ2v) is 18.1. The summed E-state index contributed by atoms with van der Waals surface area (Å²) in [5, 5.41) is 10.7. The average Bonchev–Trinajstić information content (AvgIpc) is 3.57. The van der Waals surface area contributed by atoms with Crippen molar-refractivity contribution in [3.05, 3.63) is 60.7 Å². The average molecular weight is 637 g/mol. The number of aliphatic imine (C=N–C) groups is 2. The minimum Gasteiger partial charge on any atom is -0.414 e. The first kappa shape index (κ1) is 32.0. The summed E-state index contributed by atoms with van der Waals surface area (Å²) in [6.07, 6.45) is 2.50. The summed E-state index contributed by atoms with van der Waals surface area (Å²) in [6, 6.07) is 18.1. The van der Waals surface area contributed by atoms with E-state index in [1.165, 1.54) is 11.2 Å². The van der Waals surface area contributed by atoms with Gasteiger partial charge < -0.3 is 13.9 Å². The standard InChI is InChI=1S/C31H40N6O5SSi/c1-30(2,3)44(5,6)41-18-24-23(40-20-43-4)17-25(42-24)36-19-33-31(26(36)34-29(32)35-27(31)38)28(39)37(21-13-9-7-10-14-21)22-15-11-8-12-16-22/h7-16,19,23-25H,17-18,20H2,1-6H3,(H2,32,35,38)/t23-,24+,25+,31?/m0/s1. The lowest BCUT2D eigenvalue weighted by molar-refractivity contribution is -0.131. The van der Waals surface area contributed by atoms with Crippen LogP contribution in [0.25, 0.3) is 0 Å². The molecule has 13 heteroatoms. The Morgan fingerprint density at radius 1 is 1.16 bits per heavy atom. The molecular weight excluding hydrogens is 597 g/mol. The summed E-state index contributed by atoms with van der Waals surface area (Å²) in [6.45, 7) is 11.3. The number of guanidine groups is 1. The number of hydrogen-bond acceptors (Lipinski definition) is 9. The van der Waals surface area contributed by atoms with Crippen molar-refractivity contribution < 1.29 is 23.5 Å². The maximum Gasteiger partial charge on any atom is 0.277 e. The van der Waals surface area contributed by atoms with Crippen LogP contribution < -0.4 is 10.2 Å². The van der Waals surface area contributed by atoms with Gasteiger partial charge in [-0.1, -0.05) is 57.2 Å². The predicted molar refractivity (Wildman–Crippen MR) is 176 cm³/mol. The fourth-order valence-corrected chi connectivity index (χ4v) is 6.42. The highest BCUT2D eigenvalue weighted by molar-refractivity contribution is 7.98. The Morgan fingerprint density at radius 3 is 2.34 bits per heavy atom. The molecule has 2 aromatic carbocycles. The lowest BCUT2D eigenvalue weighted by atomic mass is 9.93. The van der Waals surface area contributed by atoms with Crippen LogP contribution >= 0.6 is 11.8 Å². The SMILES string of the molecule is CSCO[C@H]1C[C@H](N2C=NC3(C(=O)N(c4ccccc4)c4ccccc4)C(=O)NC(=N)N=C23)O[C@@H]1CO[Si](C)(C)C(C)(C)C. The summed E-state index contributed by atoms with van der Waals surface area (Å²) in [5.41, 5.74) is -0.944. The first-order valence-electron chi connectivity index (χ1n) is 14.6. The van der Waals surface area contributed by atoms with Gasteiger partial charge in [0, 0.05) is 17.8 Å². The number of amides is 2. The first-order chi connectivity index (χ1) is 20.9. The molecule has 4 atom stereocenters. The quantitative estimate of drug-likeness (QED) is 0.219. The smallest absolute Gasteiger partial charge is 0.277 e. The van der Waals surface area contributed by atoms with Crippen LogP contribution in [-0.2, 0) is 23.5 Å². The van der Waals surface area contributed by atoms with Crippen molar-refractivity contribution in [1.82, 2.24) is 10.2 Å². The third-order valence-electron chi connectivity index (χ3n) is 8.57.